The van der Waals surface area contributed by atoms with Crippen LogP contribution in [0.1, 0.15) is 26.5 Å². The number of carbonyl (C=O) groups is 2. The van der Waals surface area contributed by atoms with Gasteiger partial charge in [-0.3, -0.25) is 9.59 Å². The predicted molar refractivity (Wildman–Crippen MR) is 46.8 cm³/mol. The van der Waals surface area contributed by atoms with Gasteiger partial charge in [-0.1, -0.05) is 0 Å². The molecule has 0 aromatic carbocycles. The van der Waals surface area contributed by atoms with Crippen LogP contribution >= 0.6 is 0 Å². The van der Waals surface area contributed by atoms with E-state index in [0.717, 1.165) is 0 Å². The van der Waals surface area contributed by atoms with Crippen molar-refractivity contribution in [3.63, 3.8) is 0 Å². The van der Waals surface area contributed by atoms with Crippen LogP contribution in [0.3, 0.4) is 0 Å². The average molecular weight is 184 g/mol. The van der Waals surface area contributed by atoms with Crippen LogP contribution in [0.4, 0.5) is 0 Å². The molecular weight excluding hydrogens is 180 g/mol. The summed E-state index contributed by atoms with van der Waals surface area (Å²) in [6.07, 6.45) is 2.37. The van der Waals surface area contributed by atoms with Crippen LogP contribution in [0.2, 0.25) is 0 Å². The van der Waals surface area contributed by atoms with Crippen molar-refractivity contribution in [3.8, 4) is 6.07 Å². The quantitative estimate of drug-likeness (QED) is 0.600. The number of allylic oxidation sites excluding steroid dienone is 2. The van der Waals surface area contributed by atoms with Crippen molar-refractivity contribution in [2.45, 2.75) is 0 Å². The highest BCUT2D eigenvalue weighted by atomic mass is 16.1. The van der Waals surface area contributed by atoms with E-state index in [1.807, 2.05) is 6.07 Å². The molecular formula is C10H4N2O2. The molecule has 0 bridgehead atoms. The smallest absolute Gasteiger partial charge is 0.205 e. The molecule has 1 aliphatic carbocycles. The van der Waals surface area contributed by atoms with E-state index in [2.05, 4.69) is 4.98 Å². The van der Waals surface area contributed by atoms with E-state index in [4.69, 9.17) is 5.26 Å². The minimum Gasteiger partial charge on any atom is -0.289 e. The third-order valence-electron chi connectivity index (χ3n) is 1.89. The molecule has 0 saturated carbocycles. The van der Waals surface area contributed by atoms with Crippen molar-refractivity contribution in [2.24, 2.45) is 0 Å². The number of rotatable bonds is 0. The molecule has 0 amide bonds. The van der Waals surface area contributed by atoms with Crippen LogP contribution in [-0.4, -0.2) is 16.6 Å². The van der Waals surface area contributed by atoms with E-state index in [-0.39, 0.29) is 28.5 Å². The second-order valence-corrected chi connectivity index (χ2v) is 2.77. The minimum atomic E-state index is -0.336. The van der Waals surface area contributed by atoms with Gasteiger partial charge in [0.05, 0.1) is 5.56 Å². The highest BCUT2D eigenvalue weighted by Crippen LogP contribution is 2.14. The maximum absolute atomic E-state index is 11.3. The second-order valence-electron chi connectivity index (χ2n) is 2.77. The number of nitriles is 1. The topological polar surface area (TPSA) is 70.8 Å². The van der Waals surface area contributed by atoms with Gasteiger partial charge in [0.15, 0.2) is 5.78 Å². The molecule has 1 heterocycles. The van der Waals surface area contributed by atoms with Crippen molar-refractivity contribution < 1.29 is 9.59 Å². The summed E-state index contributed by atoms with van der Waals surface area (Å²) < 4.78 is 0. The predicted octanol–water partition coefficient (Wildman–Crippen LogP) is 0.888. The number of carbonyl (C=O) groups excluding carboxylic acids is 2. The van der Waals surface area contributed by atoms with Gasteiger partial charge in [-0.05, 0) is 24.3 Å². The summed E-state index contributed by atoms with van der Waals surface area (Å²) in [7, 11) is 0. The third-order valence-corrected chi connectivity index (χ3v) is 1.89. The molecule has 0 N–H and O–H groups in total. The van der Waals surface area contributed by atoms with E-state index in [9.17, 15) is 9.59 Å². The van der Waals surface area contributed by atoms with Gasteiger partial charge >= 0.3 is 0 Å². The second kappa shape index (κ2) is 2.89. The monoisotopic (exact) mass is 184 g/mol. The maximum atomic E-state index is 11.3. The Labute approximate surface area is 79.5 Å². The molecule has 0 radical (unpaired) electrons. The summed E-state index contributed by atoms with van der Waals surface area (Å²) >= 11 is 0. The Morgan fingerprint density at radius 1 is 1.14 bits per heavy atom. The molecule has 1 aliphatic rings. The van der Waals surface area contributed by atoms with Crippen molar-refractivity contribution in [2.75, 3.05) is 0 Å². The number of aromatic nitrogens is 1. The molecule has 4 nitrogen and oxygen atoms in total. The van der Waals surface area contributed by atoms with Crippen molar-refractivity contribution in [3.05, 3.63) is 41.2 Å². The van der Waals surface area contributed by atoms with Gasteiger partial charge in [0, 0.05) is 0 Å². The van der Waals surface area contributed by atoms with Crippen molar-refractivity contribution in [1.82, 2.24) is 4.98 Å². The highest BCUT2D eigenvalue weighted by Gasteiger charge is 2.20. The van der Waals surface area contributed by atoms with Gasteiger partial charge in [0.1, 0.15) is 17.5 Å². The number of fused-ring (bicyclic) bond motifs is 1. The fourth-order valence-corrected chi connectivity index (χ4v) is 1.23. The summed E-state index contributed by atoms with van der Waals surface area (Å²) in [6.45, 7) is 0. The SMILES string of the molecule is N#Cc1ccc2c(n1)C(=O)C=CC2=O. The summed E-state index contributed by atoms with van der Waals surface area (Å²) in [5.41, 5.74) is 0.466. The standard InChI is InChI=1S/C10H4N2O2/c11-5-6-1-2-7-8(13)3-4-9(14)10(7)12-6/h1-4H. The van der Waals surface area contributed by atoms with Gasteiger partial charge < -0.3 is 0 Å². The van der Waals surface area contributed by atoms with E-state index in [1.165, 1.54) is 24.3 Å². The zero-order chi connectivity index (χ0) is 10.1. The van der Waals surface area contributed by atoms with Gasteiger partial charge in [0.25, 0.3) is 0 Å². The first-order valence-corrected chi connectivity index (χ1v) is 3.90. The Morgan fingerprint density at radius 3 is 2.57 bits per heavy atom. The molecule has 0 aliphatic heterocycles. The largest absolute Gasteiger partial charge is 0.289 e. The van der Waals surface area contributed by atoms with Gasteiger partial charge in [-0.2, -0.15) is 5.26 Å². The molecule has 0 atom stereocenters. The lowest BCUT2D eigenvalue weighted by Crippen LogP contribution is -2.14. The van der Waals surface area contributed by atoms with E-state index in [0.29, 0.717) is 0 Å². The summed E-state index contributed by atoms with van der Waals surface area (Å²) in [5, 5.41) is 8.56. The van der Waals surface area contributed by atoms with Crippen LogP contribution in [0.15, 0.2) is 24.3 Å². The fourth-order valence-electron chi connectivity index (χ4n) is 1.23. The Balaban J connectivity index is 2.68. The van der Waals surface area contributed by atoms with Crippen LogP contribution < -0.4 is 0 Å². The Bertz CT molecular complexity index is 509. The molecule has 66 valence electrons. The molecule has 14 heavy (non-hydrogen) atoms. The lowest BCUT2D eigenvalue weighted by atomic mass is 10.00. The fraction of sp³-hybridized carbons (Fsp3) is 0. The van der Waals surface area contributed by atoms with Crippen LogP contribution in [0.5, 0.6) is 0 Å². The summed E-state index contributed by atoms with van der Waals surface area (Å²) in [4.78, 5) is 26.3. The number of hydrogen-bond donors (Lipinski definition) is 0. The zero-order valence-corrected chi connectivity index (χ0v) is 7.02. The van der Waals surface area contributed by atoms with Gasteiger partial charge in [0.2, 0.25) is 5.78 Å². The normalized spacial score (nSPS) is 13.6. The summed E-state index contributed by atoms with van der Waals surface area (Å²) in [6, 6.07) is 4.68. The maximum Gasteiger partial charge on any atom is 0.205 e. The molecule has 0 unspecified atom stereocenters. The molecule has 1 aromatic rings. The number of nitrogens with zero attached hydrogens (tertiary/aromatic N) is 2. The number of hydrogen-bond acceptors (Lipinski definition) is 4. The first-order chi connectivity index (χ1) is 6.72. The Kier molecular flexibility index (Phi) is 1.72. The third kappa shape index (κ3) is 1.12. The van der Waals surface area contributed by atoms with Crippen molar-refractivity contribution >= 4 is 11.6 Å². The van der Waals surface area contributed by atoms with E-state index >= 15 is 0 Å². The first kappa shape index (κ1) is 8.32. The molecule has 2 rings (SSSR count). The van der Waals surface area contributed by atoms with Crippen molar-refractivity contribution in [1.29, 1.82) is 5.26 Å². The minimum absolute atomic E-state index is 0.0663. The van der Waals surface area contributed by atoms with Crippen LogP contribution in [0.25, 0.3) is 0 Å². The van der Waals surface area contributed by atoms with E-state index < -0.39 is 0 Å². The van der Waals surface area contributed by atoms with Gasteiger partial charge in [-0.25, -0.2) is 4.98 Å². The zero-order valence-electron chi connectivity index (χ0n) is 7.02. The number of pyridine rings is 1. The molecule has 0 saturated heterocycles. The first-order valence-electron chi connectivity index (χ1n) is 3.90. The van der Waals surface area contributed by atoms with Crippen LogP contribution in [-0.2, 0) is 0 Å². The lowest BCUT2D eigenvalue weighted by molar-refractivity contribution is 0.0990. The molecule has 1 aromatic heterocycles. The summed E-state index contributed by atoms with van der Waals surface area (Å²) in [5.74, 6) is -0.590. The average Bonchev–Trinajstić information content (AvgIpc) is 2.23. The molecule has 0 fully saturated rings. The number of ketones is 2. The molecule has 4 heteroatoms. The highest BCUT2D eigenvalue weighted by molar-refractivity contribution is 6.21. The van der Waals surface area contributed by atoms with Crippen LogP contribution in [0, 0.1) is 11.3 Å². The van der Waals surface area contributed by atoms with E-state index in [1.54, 1.807) is 0 Å². The lowest BCUT2D eigenvalue weighted by Gasteiger charge is -2.06. The van der Waals surface area contributed by atoms with Gasteiger partial charge in [-0.15, -0.1) is 0 Å². The Morgan fingerprint density at radius 2 is 1.86 bits per heavy atom. The Hall–Kier alpha value is -2.28. The molecule has 0 spiro atoms.